The molecule has 2 heterocycles. The third-order valence-electron chi connectivity index (χ3n) is 3.40. The molecule has 6 nitrogen and oxygen atoms in total. The fraction of sp³-hybridized carbons (Fsp3) is 0.214. The number of aryl methyl sites for hydroxylation is 1. The van der Waals surface area contributed by atoms with Crippen LogP contribution in [0.3, 0.4) is 0 Å². The summed E-state index contributed by atoms with van der Waals surface area (Å²) in [5.41, 5.74) is -0.327. The minimum atomic E-state index is -0.641. The summed E-state index contributed by atoms with van der Waals surface area (Å²) in [5, 5.41) is -0.0926. The van der Waals surface area contributed by atoms with E-state index >= 15 is 0 Å². The van der Waals surface area contributed by atoms with Gasteiger partial charge < -0.3 is 4.57 Å². The van der Waals surface area contributed by atoms with Crippen molar-refractivity contribution in [2.24, 2.45) is 0 Å². The Morgan fingerprint density at radius 1 is 1.36 bits per heavy atom. The van der Waals surface area contributed by atoms with Gasteiger partial charge in [0.25, 0.3) is 5.56 Å². The molecule has 0 aliphatic carbocycles. The second-order valence-electron chi connectivity index (χ2n) is 4.74. The highest BCUT2D eigenvalue weighted by Gasteiger charge is 2.14. The van der Waals surface area contributed by atoms with Crippen LogP contribution >= 0.6 is 11.6 Å². The predicted octanol–water partition coefficient (Wildman–Crippen LogP) is 1.75. The largest absolute Gasteiger partial charge is 0.328 e. The van der Waals surface area contributed by atoms with Crippen molar-refractivity contribution in [3.8, 4) is 0 Å². The second kappa shape index (κ2) is 5.42. The van der Waals surface area contributed by atoms with Crippen LogP contribution in [0.1, 0.15) is 12.7 Å². The van der Waals surface area contributed by atoms with Crippen LogP contribution in [-0.2, 0) is 13.1 Å². The van der Waals surface area contributed by atoms with E-state index in [1.54, 1.807) is 12.1 Å². The molecule has 3 rings (SSSR count). The van der Waals surface area contributed by atoms with Gasteiger partial charge in [-0.1, -0.05) is 17.7 Å². The third kappa shape index (κ3) is 2.33. The Morgan fingerprint density at radius 2 is 2.14 bits per heavy atom. The van der Waals surface area contributed by atoms with Crippen LogP contribution in [0.25, 0.3) is 11.0 Å². The fourth-order valence-corrected chi connectivity index (χ4v) is 2.55. The van der Waals surface area contributed by atoms with Crippen molar-refractivity contribution in [1.82, 2.24) is 19.1 Å². The highest BCUT2D eigenvalue weighted by Crippen LogP contribution is 2.19. The molecule has 1 N–H and O–H groups in total. The van der Waals surface area contributed by atoms with E-state index in [-0.39, 0.29) is 17.1 Å². The van der Waals surface area contributed by atoms with Crippen molar-refractivity contribution in [2.75, 3.05) is 0 Å². The van der Waals surface area contributed by atoms with Crippen molar-refractivity contribution in [2.45, 2.75) is 20.0 Å². The van der Waals surface area contributed by atoms with Gasteiger partial charge in [-0.05, 0) is 19.1 Å². The van der Waals surface area contributed by atoms with Crippen LogP contribution in [0.15, 0.2) is 34.0 Å². The number of fused-ring (bicyclic) bond motifs is 1. The Kier molecular flexibility index (Phi) is 3.58. The molecular weight excluding hydrogens is 311 g/mol. The number of aromatic amines is 1. The van der Waals surface area contributed by atoms with Crippen molar-refractivity contribution in [3.05, 3.63) is 61.9 Å². The van der Waals surface area contributed by atoms with Gasteiger partial charge >= 0.3 is 5.69 Å². The zero-order valence-corrected chi connectivity index (χ0v) is 12.4. The van der Waals surface area contributed by atoms with E-state index in [9.17, 15) is 14.0 Å². The van der Waals surface area contributed by atoms with E-state index in [1.807, 2.05) is 11.5 Å². The number of halogens is 2. The van der Waals surface area contributed by atoms with E-state index in [0.717, 1.165) is 0 Å². The number of para-hydroxylation sites is 1. The molecule has 0 aliphatic heterocycles. The molecule has 0 saturated carbocycles. The predicted molar refractivity (Wildman–Crippen MR) is 80.8 cm³/mol. The molecule has 114 valence electrons. The Hall–Kier alpha value is -2.41. The lowest BCUT2D eigenvalue weighted by molar-refractivity contribution is 0.631. The lowest BCUT2D eigenvalue weighted by atomic mass is 10.3. The highest BCUT2D eigenvalue weighted by atomic mass is 35.5. The molecule has 22 heavy (non-hydrogen) atoms. The molecule has 0 spiro atoms. The average molecular weight is 323 g/mol. The van der Waals surface area contributed by atoms with Gasteiger partial charge in [0.15, 0.2) is 5.82 Å². The molecule has 0 amide bonds. The van der Waals surface area contributed by atoms with Gasteiger partial charge in [-0.3, -0.25) is 14.3 Å². The first-order valence-electron chi connectivity index (χ1n) is 6.64. The summed E-state index contributed by atoms with van der Waals surface area (Å²) in [5.74, 6) is 0.0885. The minimum Gasteiger partial charge on any atom is -0.327 e. The average Bonchev–Trinajstić information content (AvgIpc) is 2.83. The Bertz CT molecular complexity index is 973. The fourth-order valence-electron chi connectivity index (χ4n) is 2.39. The smallest absolute Gasteiger partial charge is 0.327 e. The quantitative estimate of drug-likeness (QED) is 0.798. The number of aromatic nitrogens is 4. The number of nitrogens with zero attached hydrogens (tertiary/aromatic N) is 3. The number of rotatable bonds is 3. The van der Waals surface area contributed by atoms with E-state index in [4.69, 9.17) is 11.6 Å². The summed E-state index contributed by atoms with van der Waals surface area (Å²) < 4.78 is 16.9. The van der Waals surface area contributed by atoms with Crippen LogP contribution in [0.5, 0.6) is 0 Å². The minimum absolute atomic E-state index is 0.0806. The molecule has 0 aliphatic rings. The lowest BCUT2D eigenvalue weighted by Gasteiger charge is -2.08. The monoisotopic (exact) mass is 322 g/mol. The zero-order valence-electron chi connectivity index (χ0n) is 11.6. The molecule has 2 aromatic heterocycles. The highest BCUT2D eigenvalue weighted by molar-refractivity contribution is 6.30. The second-order valence-corrected chi connectivity index (χ2v) is 5.15. The van der Waals surface area contributed by atoms with Gasteiger partial charge in [-0.15, -0.1) is 0 Å². The van der Waals surface area contributed by atoms with Gasteiger partial charge in [0.05, 0.1) is 12.1 Å². The number of hydrogen-bond donors (Lipinski definition) is 1. The van der Waals surface area contributed by atoms with Gasteiger partial charge in [0, 0.05) is 12.7 Å². The summed E-state index contributed by atoms with van der Waals surface area (Å²) in [6.07, 6.45) is 1.25. The summed E-state index contributed by atoms with van der Waals surface area (Å²) >= 11 is 5.74. The van der Waals surface area contributed by atoms with Crippen LogP contribution < -0.4 is 11.2 Å². The number of hydrogen-bond acceptors (Lipinski definition) is 3. The maximum absolute atomic E-state index is 13.8. The summed E-state index contributed by atoms with van der Waals surface area (Å²) in [6, 6.07) is 4.71. The number of nitrogens with one attached hydrogen (secondary N) is 1. The Morgan fingerprint density at radius 3 is 2.86 bits per heavy atom. The molecular formula is C14H12ClFN4O2. The van der Waals surface area contributed by atoms with E-state index < -0.39 is 17.1 Å². The number of H-pyrrole nitrogens is 1. The maximum Gasteiger partial charge on any atom is 0.328 e. The van der Waals surface area contributed by atoms with E-state index in [1.165, 1.54) is 16.8 Å². The topological polar surface area (TPSA) is 72.7 Å². The van der Waals surface area contributed by atoms with Crippen molar-refractivity contribution in [3.63, 3.8) is 0 Å². The van der Waals surface area contributed by atoms with Crippen LogP contribution in [-0.4, -0.2) is 19.1 Å². The van der Waals surface area contributed by atoms with E-state index in [0.29, 0.717) is 17.9 Å². The van der Waals surface area contributed by atoms with Gasteiger partial charge in [0.2, 0.25) is 0 Å². The Balaban J connectivity index is 2.15. The molecule has 0 atom stereocenters. The van der Waals surface area contributed by atoms with Crippen molar-refractivity contribution < 1.29 is 4.39 Å². The number of imidazole rings is 1. The molecule has 0 saturated heterocycles. The van der Waals surface area contributed by atoms with Crippen molar-refractivity contribution in [1.29, 1.82) is 0 Å². The first-order chi connectivity index (χ1) is 10.5. The van der Waals surface area contributed by atoms with Crippen LogP contribution in [0.2, 0.25) is 5.02 Å². The summed E-state index contributed by atoms with van der Waals surface area (Å²) in [4.78, 5) is 29.5. The Labute approximate surface area is 128 Å². The molecule has 3 aromatic rings. The number of benzene rings is 1. The van der Waals surface area contributed by atoms with E-state index in [2.05, 4.69) is 9.97 Å². The lowest BCUT2D eigenvalue weighted by Crippen LogP contribution is -2.30. The molecule has 8 heteroatoms. The molecule has 0 fully saturated rings. The standard InChI is InChI=1S/C14H12ClFN4O2/c1-2-20-10-5-3-4-9(16)12(10)17-11(20)7-19-6-8(15)13(21)18-14(19)22/h3-6H,2,7H2,1H3,(H,18,21,22). The van der Waals surface area contributed by atoms with Crippen molar-refractivity contribution >= 4 is 22.6 Å². The first-order valence-corrected chi connectivity index (χ1v) is 7.02. The maximum atomic E-state index is 13.8. The summed E-state index contributed by atoms with van der Waals surface area (Å²) in [6.45, 7) is 2.55. The van der Waals surface area contributed by atoms with Crippen LogP contribution in [0, 0.1) is 5.82 Å². The van der Waals surface area contributed by atoms with Crippen LogP contribution in [0.4, 0.5) is 4.39 Å². The van der Waals surface area contributed by atoms with Gasteiger partial charge in [-0.2, -0.15) is 0 Å². The first kappa shape index (κ1) is 14.5. The normalized spacial score (nSPS) is 11.2. The van der Waals surface area contributed by atoms with Gasteiger partial charge in [-0.25, -0.2) is 14.2 Å². The molecule has 1 aromatic carbocycles. The third-order valence-corrected chi connectivity index (χ3v) is 3.67. The zero-order chi connectivity index (χ0) is 15.9. The molecule has 0 unspecified atom stereocenters. The SMILES string of the molecule is CCn1c(Cn2cc(Cl)c(=O)[nH]c2=O)nc2c(F)cccc21. The van der Waals surface area contributed by atoms with Gasteiger partial charge in [0.1, 0.15) is 16.4 Å². The molecule has 0 radical (unpaired) electrons. The summed E-state index contributed by atoms with van der Waals surface area (Å²) in [7, 11) is 0. The molecule has 0 bridgehead atoms.